The minimum atomic E-state index is -0.271. The van der Waals surface area contributed by atoms with Crippen LogP contribution in [0.2, 0.25) is 0 Å². The van der Waals surface area contributed by atoms with Gasteiger partial charge in [0.2, 0.25) is 0 Å². The normalized spacial score (nSPS) is 10.4. The molecule has 1 aromatic carbocycles. The summed E-state index contributed by atoms with van der Waals surface area (Å²) in [7, 11) is 1.57. The largest absolute Gasteiger partial charge is 0.495 e. The van der Waals surface area contributed by atoms with Crippen LogP contribution in [0.1, 0.15) is 5.56 Å². The topological polar surface area (TPSA) is 44.5 Å². The van der Waals surface area contributed by atoms with Gasteiger partial charge in [0.15, 0.2) is 0 Å². The van der Waals surface area contributed by atoms with E-state index < -0.39 is 0 Å². The smallest absolute Gasteiger partial charge is 0.135 e. The maximum absolute atomic E-state index is 13.2. The molecule has 0 aromatic heterocycles. The molecule has 0 amide bonds. The summed E-state index contributed by atoms with van der Waals surface area (Å²) in [6, 6.07) is 2.90. The zero-order valence-electron chi connectivity index (χ0n) is 8.75. The quantitative estimate of drug-likeness (QED) is 0.621. The molecule has 0 aliphatic heterocycles. The van der Waals surface area contributed by atoms with Gasteiger partial charge in [0.05, 0.1) is 18.6 Å². The van der Waals surface area contributed by atoms with Crippen molar-refractivity contribution in [1.82, 2.24) is 0 Å². The lowest BCUT2D eigenvalue weighted by molar-refractivity contribution is 0.140. The van der Waals surface area contributed by atoms with Crippen molar-refractivity contribution in [3.8, 4) is 5.75 Å². The van der Waals surface area contributed by atoms with E-state index >= 15 is 0 Å². The van der Waals surface area contributed by atoms with Gasteiger partial charge in [-0.1, -0.05) is 0 Å². The highest BCUT2D eigenvalue weighted by Gasteiger charge is 2.10. The number of hydrogen-bond donors (Lipinski definition) is 1. The van der Waals surface area contributed by atoms with Crippen LogP contribution in [0.25, 0.3) is 0 Å². The van der Waals surface area contributed by atoms with E-state index in [2.05, 4.69) is 4.84 Å². The van der Waals surface area contributed by atoms with E-state index in [1.165, 1.54) is 23.9 Å². The highest BCUT2D eigenvalue weighted by molar-refractivity contribution is 7.98. The number of ether oxygens (including phenoxy) is 1. The average molecular weight is 231 g/mol. The van der Waals surface area contributed by atoms with Crippen LogP contribution in [-0.2, 0) is 11.3 Å². The zero-order chi connectivity index (χ0) is 11.3. The SMILES string of the molecule is COc1c(CCON)cc(F)cc1SC. The second kappa shape index (κ2) is 5.95. The Balaban J connectivity index is 3.05. The van der Waals surface area contributed by atoms with Crippen LogP contribution in [-0.4, -0.2) is 20.0 Å². The molecule has 1 aromatic rings. The third-order valence-electron chi connectivity index (χ3n) is 2.01. The van der Waals surface area contributed by atoms with E-state index in [4.69, 9.17) is 10.6 Å². The summed E-state index contributed by atoms with van der Waals surface area (Å²) in [6.07, 6.45) is 2.41. The summed E-state index contributed by atoms with van der Waals surface area (Å²) in [5.41, 5.74) is 0.771. The molecule has 0 spiro atoms. The summed E-state index contributed by atoms with van der Waals surface area (Å²) >= 11 is 1.44. The fraction of sp³-hybridized carbons (Fsp3) is 0.400. The van der Waals surface area contributed by atoms with Crippen LogP contribution in [0.15, 0.2) is 17.0 Å². The molecular formula is C10H14FNO2S. The molecule has 2 N–H and O–H groups in total. The number of rotatable bonds is 5. The molecule has 15 heavy (non-hydrogen) atoms. The van der Waals surface area contributed by atoms with Gasteiger partial charge in [-0.2, -0.15) is 0 Å². The van der Waals surface area contributed by atoms with Gasteiger partial charge in [0.25, 0.3) is 0 Å². The second-order valence-electron chi connectivity index (χ2n) is 2.92. The molecule has 0 fully saturated rings. The summed E-state index contributed by atoms with van der Waals surface area (Å²) in [5, 5.41) is 0. The van der Waals surface area contributed by atoms with Crippen molar-refractivity contribution in [3.63, 3.8) is 0 Å². The van der Waals surface area contributed by atoms with Gasteiger partial charge in [-0.05, 0) is 18.4 Å². The van der Waals surface area contributed by atoms with Crippen LogP contribution < -0.4 is 10.6 Å². The van der Waals surface area contributed by atoms with Crippen molar-refractivity contribution in [2.45, 2.75) is 11.3 Å². The van der Waals surface area contributed by atoms with Gasteiger partial charge in [-0.3, -0.25) is 0 Å². The molecule has 84 valence electrons. The van der Waals surface area contributed by atoms with E-state index in [1.54, 1.807) is 7.11 Å². The van der Waals surface area contributed by atoms with Crippen molar-refractivity contribution in [3.05, 3.63) is 23.5 Å². The Labute approximate surface area is 92.7 Å². The Morgan fingerprint density at radius 1 is 1.47 bits per heavy atom. The lowest BCUT2D eigenvalue weighted by Crippen LogP contribution is -2.05. The van der Waals surface area contributed by atoms with Gasteiger partial charge < -0.3 is 9.57 Å². The molecule has 1 rings (SSSR count). The number of hydrogen-bond acceptors (Lipinski definition) is 4. The number of methoxy groups -OCH3 is 1. The molecule has 0 atom stereocenters. The summed E-state index contributed by atoms with van der Waals surface area (Å²) < 4.78 is 18.5. The molecular weight excluding hydrogens is 217 g/mol. The molecule has 0 radical (unpaired) electrons. The van der Waals surface area contributed by atoms with E-state index in [0.717, 1.165) is 10.5 Å². The Kier molecular flexibility index (Phi) is 4.87. The third-order valence-corrected chi connectivity index (χ3v) is 2.75. The highest BCUT2D eigenvalue weighted by atomic mass is 32.2. The molecule has 5 heteroatoms. The molecule has 0 saturated heterocycles. The van der Waals surface area contributed by atoms with Gasteiger partial charge >= 0.3 is 0 Å². The van der Waals surface area contributed by atoms with Gasteiger partial charge in [-0.15, -0.1) is 11.8 Å². The van der Waals surface area contributed by atoms with E-state index in [0.29, 0.717) is 18.8 Å². The standard InChI is InChI=1S/C10H14FNO2S/c1-13-10-7(3-4-14-12)5-8(11)6-9(10)15-2/h5-6H,3-4,12H2,1-2H3. The number of nitrogens with two attached hydrogens (primary N) is 1. The second-order valence-corrected chi connectivity index (χ2v) is 3.77. The van der Waals surface area contributed by atoms with Crippen LogP contribution in [0.3, 0.4) is 0 Å². The lowest BCUT2D eigenvalue weighted by atomic mass is 10.1. The summed E-state index contributed by atoms with van der Waals surface area (Å²) in [5.74, 6) is 5.36. The first kappa shape index (κ1) is 12.3. The van der Waals surface area contributed by atoms with Gasteiger partial charge in [0, 0.05) is 12.0 Å². The Bertz CT molecular complexity index is 333. The Morgan fingerprint density at radius 2 is 2.20 bits per heavy atom. The maximum atomic E-state index is 13.2. The van der Waals surface area contributed by atoms with Crippen LogP contribution in [0, 0.1) is 5.82 Å². The number of thioether (sulfide) groups is 1. The van der Waals surface area contributed by atoms with Crippen molar-refractivity contribution in [2.24, 2.45) is 5.90 Å². The molecule has 0 heterocycles. The van der Waals surface area contributed by atoms with Crippen LogP contribution in [0.5, 0.6) is 5.75 Å². The number of halogens is 1. The minimum absolute atomic E-state index is 0.271. The third kappa shape index (κ3) is 3.09. The monoisotopic (exact) mass is 231 g/mol. The Morgan fingerprint density at radius 3 is 2.73 bits per heavy atom. The predicted molar refractivity (Wildman–Crippen MR) is 58.6 cm³/mol. The van der Waals surface area contributed by atoms with Crippen LogP contribution >= 0.6 is 11.8 Å². The number of benzene rings is 1. The first-order valence-electron chi connectivity index (χ1n) is 4.45. The lowest BCUT2D eigenvalue weighted by Gasteiger charge is -2.12. The first-order valence-corrected chi connectivity index (χ1v) is 5.67. The highest BCUT2D eigenvalue weighted by Crippen LogP contribution is 2.32. The average Bonchev–Trinajstić information content (AvgIpc) is 2.25. The van der Waals surface area contributed by atoms with E-state index in [9.17, 15) is 4.39 Å². The molecule has 3 nitrogen and oxygen atoms in total. The van der Waals surface area contributed by atoms with Crippen molar-refractivity contribution in [2.75, 3.05) is 20.0 Å². The fourth-order valence-corrected chi connectivity index (χ4v) is 1.99. The molecule has 0 unspecified atom stereocenters. The van der Waals surface area contributed by atoms with E-state index in [1.807, 2.05) is 6.26 Å². The van der Waals surface area contributed by atoms with Gasteiger partial charge in [-0.25, -0.2) is 10.3 Å². The van der Waals surface area contributed by atoms with Crippen LogP contribution in [0.4, 0.5) is 4.39 Å². The zero-order valence-corrected chi connectivity index (χ0v) is 9.57. The molecule has 0 aliphatic carbocycles. The van der Waals surface area contributed by atoms with Crippen molar-refractivity contribution >= 4 is 11.8 Å². The first-order chi connectivity index (χ1) is 7.22. The Hall–Kier alpha value is -0.780. The fourth-order valence-electron chi connectivity index (χ4n) is 1.36. The maximum Gasteiger partial charge on any atom is 0.135 e. The summed E-state index contributed by atoms with van der Waals surface area (Å²) in [4.78, 5) is 5.26. The molecule has 0 aliphatic rings. The molecule has 0 bridgehead atoms. The predicted octanol–water partition coefficient (Wildman–Crippen LogP) is 1.99. The van der Waals surface area contributed by atoms with Crippen molar-refractivity contribution in [1.29, 1.82) is 0 Å². The molecule has 0 saturated carbocycles. The summed E-state index contributed by atoms with van der Waals surface area (Å²) in [6.45, 7) is 0.341. The van der Waals surface area contributed by atoms with E-state index in [-0.39, 0.29) is 5.82 Å². The minimum Gasteiger partial charge on any atom is -0.495 e. The van der Waals surface area contributed by atoms with Gasteiger partial charge in [0.1, 0.15) is 11.6 Å². The van der Waals surface area contributed by atoms with Crippen molar-refractivity contribution < 1.29 is 14.0 Å².